The number of benzene rings is 2. The van der Waals surface area contributed by atoms with Gasteiger partial charge in [0.15, 0.2) is 5.69 Å². The maximum Gasteiger partial charge on any atom is 0.573 e. The highest BCUT2D eigenvalue weighted by molar-refractivity contribution is 6.02. The maximum absolute atomic E-state index is 12.4. The Bertz CT molecular complexity index is 1030. The van der Waals surface area contributed by atoms with Crippen LogP contribution in [0.3, 0.4) is 0 Å². The summed E-state index contributed by atoms with van der Waals surface area (Å²) in [5.74, 6) is -0.828. The summed E-state index contributed by atoms with van der Waals surface area (Å²) in [6.45, 7) is 2.21. The molecule has 8 nitrogen and oxygen atoms in total. The predicted molar refractivity (Wildman–Crippen MR) is 104 cm³/mol. The monoisotopic (exact) mass is 433 g/mol. The first-order valence-electron chi connectivity index (χ1n) is 9.39. The largest absolute Gasteiger partial charge is 0.573 e. The number of morpholine rings is 1. The molecule has 2 heterocycles. The first kappa shape index (κ1) is 20.8. The van der Waals surface area contributed by atoms with E-state index in [-0.39, 0.29) is 17.5 Å². The van der Waals surface area contributed by atoms with Gasteiger partial charge in [-0.25, -0.2) is 0 Å². The molecule has 1 aliphatic heterocycles. The Morgan fingerprint density at radius 2 is 1.90 bits per heavy atom. The van der Waals surface area contributed by atoms with Gasteiger partial charge in [-0.2, -0.15) is 9.90 Å². The minimum absolute atomic E-state index is 0.0219. The molecule has 0 radical (unpaired) electrons. The molecule has 0 aliphatic carbocycles. The number of nitrogens with one attached hydrogen (secondary N) is 2. The highest BCUT2D eigenvalue weighted by atomic mass is 19.4. The van der Waals surface area contributed by atoms with Crippen molar-refractivity contribution in [3.63, 3.8) is 0 Å². The molecule has 31 heavy (non-hydrogen) atoms. The Morgan fingerprint density at radius 1 is 1.16 bits per heavy atom. The minimum Gasteiger partial charge on any atom is -0.406 e. The number of carbonyl (C=O) groups excluding carboxylic acids is 1. The van der Waals surface area contributed by atoms with Gasteiger partial charge in [0.05, 0.1) is 24.6 Å². The number of amides is 1. The van der Waals surface area contributed by atoms with Gasteiger partial charge in [0.1, 0.15) is 5.75 Å². The molecule has 11 heteroatoms. The lowest BCUT2D eigenvalue weighted by Gasteiger charge is -2.24. The SMILES string of the molecule is O=C(Nc1ccc(C2CNCCO2)cc1)c1cnn(-c2ccc(OC(F)(F)F)cc2)n1. The molecule has 0 spiro atoms. The molecule has 1 fully saturated rings. The Balaban J connectivity index is 1.39. The molecule has 1 saturated heterocycles. The number of nitrogens with zero attached hydrogens (tertiary/aromatic N) is 3. The second-order valence-corrected chi connectivity index (χ2v) is 6.70. The van der Waals surface area contributed by atoms with Crippen LogP contribution in [0.4, 0.5) is 18.9 Å². The zero-order valence-electron chi connectivity index (χ0n) is 16.1. The van der Waals surface area contributed by atoms with Crippen molar-refractivity contribution in [2.24, 2.45) is 0 Å². The average Bonchev–Trinajstić information content (AvgIpc) is 3.25. The molecule has 1 aliphatic rings. The smallest absolute Gasteiger partial charge is 0.406 e. The van der Waals surface area contributed by atoms with Crippen LogP contribution in [0, 0.1) is 0 Å². The maximum atomic E-state index is 12.4. The van der Waals surface area contributed by atoms with E-state index in [1.807, 2.05) is 12.1 Å². The summed E-state index contributed by atoms with van der Waals surface area (Å²) in [4.78, 5) is 13.6. The summed E-state index contributed by atoms with van der Waals surface area (Å²) in [7, 11) is 0. The molecule has 3 aromatic rings. The highest BCUT2D eigenvalue weighted by Gasteiger charge is 2.31. The molecule has 4 rings (SSSR count). The number of alkyl halides is 3. The number of ether oxygens (including phenoxy) is 2. The fraction of sp³-hybridized carbons (Fsp3) is 0.250. The van der Waals surface area contributed by atoms with E-state index in [9.17, 15) is 18.0 Å². The number of rotatable bonds is 5. The molecule has 2 N–H and O–H groups in total. The van der Waals surface area contributed by atoms with Crippen molar-refractivity contribution >= 4 is 11.6 Å². The summed E-state index contributed by atoms with van der Waals surface area (Å²) < 4.78 is 46.3. The van der Waals surface area contributed by atoms with Crippen LogP contribution in [0.5, 0.6) is 5.75 Å². The van der Waals surface area contributed by atoms with Crippen molar-refractivity contribution in [3.05, 3.63) is 66.0 Å². The second-order valence-electron chi connectivity index (χ2n) is 6.70. The van der Waals surface area contributed by atoms with Gasteiger partial charge in [-0.05, 0) is 42.0 Å². The van der Waals surface area contributed by atoms with Crippen molar-refractivity contribution in [3.8, 4) is 11.4 Å². The summed E-state index contributed by atoms with van der Waals surface area (Å²) in [5.41, 5.74) is 2.02. The third kappa shape index (κ3) is 5.38. The highest BCUT2D eigenvalue weighted by Crippen LogP contribution is 2.24. The van der Waals surface area contributed by atoms with Crippen molar-refractivity contribution in [1.29, 1.82) is 0 Å². The fourth-order valence-electron chi connectivity index (χ4n) is 3.03. The molecule has 1 atom stereocenters. The molecule has 0 bridgehead atoms. The molecule has 2 aromatic carbocycles. The molecular formula is C20H18F3N5O3. The number of carbonyl (C=O) groups is 1. The lowest BCUT2D eigenvalue weighted by atomic mass is 10.1. The Morgan fingerprint density at radius 3 is 2.55 bits per heavy atom. The number of halogens is 3. The number of hydrogen-bond acceptors (Lipinski definition) is 6. The summed E-state index contributed by atoms with van der Waals surface area (Å²) in [6.07, 6.45) is -3.52. The normalized spacial score (nSPS) is 16.7. The van der Waals surface area contributed by atoms with Crippen LogP contribution in [-0.2, 0) is 4.74 Å². The Labute approximate surface area is 175 Å². The number of hydrogen-bond donors (Lipinski definition) is 2. The van der Waals surface area contributed by atoms with Crippen molar-refractivity contribution in [2.45, 2.75) is 12.5 Å². The van der Waals surface area contributed by atoms with Crippen LogP contribution in [0.2, 0.25) is 0 Å². The molecular weight excluding hydrogens is 415 g/mol. The van der Waals surface area contributed by atoms with E-state index in [0.29, 0.717) is 18.0 Å². The first-order chi connectivity index (χ1) is 14.9. The lowest BCUT2D eigenvalue weighted by Crippen LogP contribution is -2.33. The third-order valence-corrected chi connectivity index (χ3v) is 4.49. The fourth-order valence-corrected chi connectivity index (χ4v) is 3.03. The van der Waals surface area contributed by atoms with Crippen molar-refractivity contribution in [2.75, 3.05) is 25.0 Å². The van der Waals surface area contributed by atoms with Crippen LogP contribution >= 0.6 is 0 Å². The number of anilines is 1. The van der Waals surface area contributed by atoms with Crippen LogP contribution in [0.25, 0.3) is 5.69 Å². The van der Waals surface area contributed by atoms with Gasteiger partial charge >= 0.3 is 6.36 Å². The van der Waals surface area contributed by atoms with Crippen molar-refractivity contribution < 1.29 is 27.4 Å². The molecule has 1 aromatic heterocycles. The van der Waals surface area contributed by atoms with E-state index in [1.54, 1.807) is 12.1 Å². The van der Waals surface area contributed by atoms with Gasteiger partial charge in [-0.3, -0.25) is 4.79 Å². The summed E-state index contributed by atoms with van der Waals surface area (Å²) in [5, 5.41) is 14.1. The van der Waals surface area contributed by atoms with E-state index in [2.05, 4.69) is 25.6 Å². The summed E-state index contributed by atoms with van der Waals surface area (Å²) >= 11 is 0. The van der Waals surface area contributed by atoms with E-state index in [4.69, 9.17) is 4.74 Å². The van der Waals surface area contributed by atoms with Crippen LogP contribution < -0.4 is 15.4 Å². The van der Waals surface area contributed by atoms with Gasteiger partial charge in [0.2, 0.25) is 0 Å². The average molecular weight is 433 g/mol. The van der Waals surface area contributed by atoms with Gasteiger partial charge < -0.3 is 20.1 Å². The van der Waals surface area contributed by atoms with E-state index in [0.717, 1.165) is 35.6 Å². The third-order valence-electron chi connectivity index (χ3n) is 4.49. The first-order valence-corrected chi connectivity index (χ1v) is 9.39. The minimum atomic E-state index is -4.77. The quantitative estimate of drug-likeness (QED) is 0.643. The number of aromatic nitrogens is 3. The zero-order chi connectivity index (χ0) is 21.8. The van der Waals surface area contributed by atoms with Crippen LogP contribution in [0.1, 0.15) is 22.2 Å². The van der Waals surface area contributed by atoms with Gasteiger partial charge in [-0.15, -0.1) is 18.3 Å². The van der Waals surface area contributed by atoms with Crippen molar-refractivity contribution in [1.82, 2.24) is 20.3 Å². The van der Waals surface area contributed by atoms with Gasteiger partial charge in [-0.1, -0.05) is 12.1 Å². The van der Waals surface area contributed by atoms with E-state index < -0.39 is 12.3 Å². The van der Waals surface area contributed by atoms with Gasteiger partial charge in [0.25, 0.3) is 5.91 Å². The Kier molecular flexibility index (Phi) is 5.87. The second kappa shape index (κ2) is 8.74. The van der Waals surface area contributed by atoms with Gasteiger partial charge in [0, 0.05) is 18.8 Å². The zero-order valence-corrected chi connectivity index (χ0v) is 16.1. The van der Waals surface area contributed by atoms with Crippen LogP contribution in [0.15, 0.2) is 54.7 Å². The van der Waals surface area contributed by atoms with Crippen LogP contribution in [-0.4, -0.2) is 47.0 Å². The predicted octanol–water partition coefficient (Wildman–Crippen LogP) is 3.08. The lowest BCUT2D eigenvalue weighted by molar-refractivity contribution is -0.274. The molecule has 1 amide bonds. The standard InChI is InChI=1S/C20H18F3N5O3/c21-20(22,23)31-16-7-5-15(6-8-16)28-25-11-17(27-28)19(29)26-14-3-1-13(2-4-14)18-12-24-9-10-30-18/h1-8,11,18,24H,9-10,12H2,(H,26,29). The molecule has 0 saturated carbocycles. The van der Waals surface area contributed by atoms with E-state index >= 15 is 0 Å². The molecule has 1 unspecified atom stereocenters. The topological polar surface area (TPSA) is 90.3 Å². The molecule has 162 valence electrons. The summed E-state index contributed by atoms with van der Waals surface area (Å²) in [6, 6.07) is 12.3. The Hall–Kier alpha value is -3.44. The van der Waals surface area contributed by atoms with E-state index in [1.165, 1.54) is 18.3 Å².